The minimum absolute atomic E-state index is 0.0723. The molecule has 3 atom stereocenters. The smallest absolute Gasteiger partial charge is 0.224 e. The van der Waals surface area contributed by atoms with Gasteiger partial charge in [-0.15, -0.1) is 0 Å². The molecule has 1 amide bonds. The molecule has 1 aliphatic rings. The van der Waals surface area contributed by atoms with E-state index in [0.29, 0.717) is 32.0 Å². The van der Waals surface area contributed by atoms with Gasteiger partial charge in [0, 0.05) is 20.6 Å². The number of aliphatic hydroxyl groups is 1. The zero-order valence-electron chi connectivity index (χ0n) is 13.5. The Labute approximate surface area is 130 Å². The number of aryl methyl sites for hydroxylation is 3. The van der Waals surface area contributed by atoms with Gasteiger partial charge >= 0.3 is 0 Å². The Morgan fingerprint density at radius 3 is 2.82 bits per heavy atom. The molecular formula is C14H24N4O4. The SMILES string of the molecule is CO[C@@H]1COC[C@@H](N(C)C(=O)CCn2nc(C)nc2C)[C@@H]1O. The minimum atomic E-state index is -0.747. The molecule has 1 saturated heterocycles. The molecule has 0 aromatic carbocycles. The molecule has 0 bridgehead atoms. The van der Waals surface area contributed by atoms with Crippen molar-refractivity contribution in [3.05, 3.63) is 11.6 Å². The summed E-state index contributed by atoms with van der Waals surface area (Å²) in [5.41, 5.74) is 0. The zero-order valence-corrected chi connectivity index (χ0v) is 13.5. The molecule has 124 valence electrons. The van der Waals surface area contributed by atoms with Crippen LogP contribution in [0.4, 0.5) is 0 Å². The van der Waals surface area contributed by atoms with Gasteiger partial charge in [0.25, 0.3) is 0 Å². The Hall–Kier alpha value is -1.51. The number of nitrogens with zero attached hydrogens (tertiary/aromatic N) is 4. The van der Waals surface area contributed by atoms with Crippen molar-refractivity contribution < 1.29 is 19.4 Å². The average molecular weight is 312 g/mol. The fourth-order valence-corrected chi connectivity index (χ4v) is 2.63. The molecule has 2 heterocycles. The van der Waals surface area contributed by atoms with Crippen LogP contribution in [0.5, 0.6) is 0 Å². The van der Waals surface area contributed by atoms with Gasteiger partial charge in [-0.3, -0.25) is 4.79 Å². The third kappa shape index (κ3) is 3.63. The van der Waals surface area contributed by atoms with Crippen molar-refractivity contribution in [2.45, 2.75) is 45.1 Å². The molecule has 1 aliphatic heterocycles. The number of methoxy groups -OCH3 is 1. The van der Waals surface area contributed by atoms with E-state index < -0.39 is 18.2 Å². The molecule has 1 aromatic rings. The molecule has 22 heavy (non-hydrogen) atoms. The summed E-state index contributed by atoms with van der Waals surface area (Å²) >= 11 is 0. The maximum atomic E-state index is 12.3. The van der Waals surface area contributed by atoms with Crippen LogP contribution in [-0.4, -0.2) is 76.3 Å². The number of amides is 1. The first-order valence-electron chi connectivity index (χ1n) is 7.36. The highest BCUT2D eigenvalue weighted by Gasteiger charge is 2.36. The lowest BCUT2D eigenvalue weighted by Crippen LogP contribution is -2.56. The predicted molar refractivity (Wildman–Crippen MR) is 78.3 cm³/mol. The van der Waals surface area contributed by atoms with Gasteiger partial charge < -0.3 is 19.5 Å². The third-order valence-electron chi connectivity index (χ3n) is 4.04. The molecule has 0 unspecified atom stereocenters. The number of ether oxygens (including phenoxy) is 2. The molecule has 0 radical (unpaired) electrons. The summed E-state index contributed by atoms with van der Waals surface area (Å²) in [5.74, 6) is 1.41. The number of rotatable bonds is 5. The van der Waals surface area contributed by atoms with Gasteiger partial charge in [0.05, 0.1) is 25.8 Å². The van der Waals surface area contributed by atoms with Gasteiger partial charge in [-0.05, 0) is 13.8 Å². The van der Waals surface area contributed by atoms with E-state index >= 15 is 0 Å². The van der Waals surface area contributed by atoms with Gasteiger partial charge in [0.15, 0.2) is 0 Å². The van der Waals surface area contributed by atoms with E-state index in [1.54, 1.807) is 11.7 Å². The number of hydrogen-bond donors (Lipinski definition) is 1. The van der Waals surface area contributed by atoms with Crippen LogP contribution < -0.4 is 0 Å². The van der Waals surface area contributed by atoms with Crippen molar-refractivity contribution in [1.29, 1.82) is 0 Å². The van der Waals surface area contributed by atoms with Crippen molar-refractivity contribution in [3.63, 3.8) is 0 Å². The summed E-state index contributed by atoms with van der Waals surface area (Å²) in [6, 6.07) is -0.398. The van der Waals surface area contributed by atoms with Crippen LogP contribution in [0, 0.1) is 13.8 Å². The van der Waals surface area contributed by atoms with E-state index in [4.69, 9.17) is 9.47 Å². The molecule has 1 aromatic heterocycles. The second-order valence-electron chi connectivity index (χ2n) is 5.55. The Bertz CT molecular complexity index is 519. The predicted octanol–water partition coefficient (Wildman–Crippen LogP) is -0.482. The molecule has 8 heteroatoms. The summed E-state index contributed by atoms with van der Waals surface area (Å²) in [6.07, 6.45) is -0.863. The summed E-state index contributed by atoms with van der Waals surface area (Å²) in [6.45, 7) is 4.79. The summed E-state index contributed by atoms with van der Waals surface area (Å²) in [5, 5.41) is 14.5. The minimum Gasteiger partial charge on any atom is -0.388 e. The molecular weight excluding hydrogens is 288 g/mol. The fraction of sp³-hybridized carbons (Fsp3) is 0.786. The van der Waals surface area contributed by atoms with Gasteiger partial charge in [-0.25, -0.2) is 9.67 Å². The van der Waals surface area contributed by atoms with Crippen LogP contribution in [0.2, 0.25) is 0 Å². The van der Waals surface area contributed by atoms with Crippen molar-refractivity contribution in [1.82, 2.24) is 19.7 Å². The van der Waals surface area contributed by atoms with Crippen LogP contribution in [0.1, 0.15) is 18.1 Å². The highest BCUT2D eigenvalue weighted by molar-refractivity contribution is 5.76. The maximum absolute atomic E-state index is 12.3. The molecule has 8 nitrogen and oxygen atoms in total. The zero-order chi connectivity index (χ0) is 16.3. The number of aliphatic hydroxyl groups excluding tert-OH is 1. The number of aromatic nitrogens is 3. The summed E-state index contributed by atoms with van der Waals surface area (Å²) < 4.78 is 12.3. The lowest BCUT2D eigenvalue weighted by molar-refractivity contribution is -0.158. The van der Waals surface area contributed by atoms with E-state index in [1.165, 1.54) is 12.0 Å². The Morgan fingerprint density at radius 2 is 2.23 bits per heavy atom. The number of carbonyl (C=O) groups is 1. The van der Waals surface area contributed by atoms with Crippen molar-refractivity contribution in [2.75, 3.05) is 27.4 Å². The van der Waals surface area contributed by atoms with Gasteiger partial charge in [-0.1, -0.05) is 0 Å². The van der Waals surface area contributed by atoms with Crippen LogP contribution in [0.15, 0.2) is 0 Å². The van der Waals surface area contributed by atoms with Gasteiger partial charge in [0.1, 0.15) is 23.9 Å². The van der Waals surface area contributed by atoms with Crippen LogP contribution in [-0.2, 0) is 20.8 Å². The van der Waals surface area contributed by atoms with E-state index in [-0.39, 0.29) is 5.91 Å². The molecule has 2 rings (SSSR count). The van der Waals surface area contributed by atoms with E-state index in [1.807, 2.05) is 13.8 Å². The lowest BCUT2D eigenvalue weighted by atomic mass is 10.0. The van der Waals surface area contributed by atoms with Crippen molar-refractivity contribution in [3.8, 4) is 0 Å². The second-order valence-corrected chi connectivity index (χ2v) is 5.55. The molecule has 0 saturated carbocycles. The molecule has 1 fully saturated rings. The Kier molecular flexibility index (Phi) is 5.49. The topological polar surface area (TPSA) is 89.7 Å². The fourth-order valence-electron chi connectivity index (χ4n) is 2.63. The molecule has 0 spiro atoms. The number of carbonyl (C=O) groups excluding carboxylic acids is 1. The quantitative estimate of drug-likeness (QED) is 0.790. The monoisotopic (exact) mass is 312 g/mol. The van der Waals surface area contributed by atoms with Crippen molar-refractivity contribution in [2.24, 2.45) is 0 Å². The first kappa shape index (κ1) is 16.9. The van der Waals surface area contributed by atoms with E-state index in [9.17, 15) is 9.90 Å². The molecule has 1 N–H and O–H groups in total. The molecule has 0 aliphatic carbocycles. The maximum Gasteiger partial charge on any atom is 0.224 e. The van der Waals surface area contributed by atoms with Crippen LogP contribution in [0.3, 0.4) is 0 Å². The normalized spacial score (nSPS) is 25.2. The average Bonchev–Trinajstić information content (AvgIpc) is 2.82. The van der Waals surface area contributed by atoms with Crippen LogP contribution >= 0.6 is 0 Å². The van der Waals surface area contributed by atoms with E-state index in [0.717, 1.165) is 5.82 Å². The largest absolute Gasteiger partial charge is 0.388 e. The third-order valence-corrected chi connectivity index (χ3v) is 4.04. The van der Waals surface area contributed by atoms with Crippen molar-refractivity contribution >= 4 is 5.91 Å². The Morgan fingerprint density at radius 1 is 1.50 bits per heavy atom. The van der Waals surface area contributed by atoms with Gasteiger partial charge in [-0.2, -0.15) is 5.10 Å². The van der Waals surface area contributed by atoms with Gasteiger partial charge in [0.2, 0.25) is 5.91 Å². The van der Waals surface area contributed by atoms with E-state index in [2.05, 4.69) is 10.1 Å². The first-order chi connectivity index (χ1) is 10.4. The number of hydrogen-bond acceptors (Lipinski definition) is 6. The number of likely N-dealkylation sites (N-methyl/N-ethyl adjacent to an activating group) is 1. The standard InChI is InChI=1S/C14H24N4O4/c1-9-15-10(2)18(16-9)6-5-13(19)17(3)11-7-22-8-12(21-4)14(11)20/h11-12,14,20H,5-8H2,1-4H3/t11-,12-,14+/m1/s1. The lowest BCUT2D eigenvalue weighted by Gasteiger charge is -2.38. The highest BCUT2D eigenvalue weighted by Crippen LogP contribution is 2.17. The highest BCUT2D eigenvalue weighted by atomic mass is 16.5. The Balaban J connectivity index is 1.92. The summed E-state index contributed by atoms with van der Waals surface area (Å²) in [4.78, 5) is 18.1. The second kappa shape index (κ2) is 7.17. The first-order valence-corrected chi connectivity index (χ1v) is 7.36. The van der Waals surface area contributed by atoms with Crippen LogP contribution in [0.25, 0.3) is 0 Å². The summed E-state index contributed by atoms with van der Waals surface area (Å²) in [7, 11) is 3.20.